The largest absolute Gasteiger partial charge is 0.396 e. The third-order valence-electron chi connectivity index (χ3n) is 2.59. The van der Waals surface area contributed by atoms with Gasteiger partial charge in [0, 0.05) is 18.9 Å². The molecule has 7 heteroatoms. The van der Waals surface area contributed by atoms with Crippen molar-refractivity contribution in [3.8, 4) is 0 Å². The first-order valence-corrected chi connectivity index (χ1v) is 5.69. The highest BCUT2D eigenvalue weighted by Gasteiger charge is 2.16. The second-order valence-electron chi connectivity index (χ2n) is 3.92. The van der Waals surface area contributed by atoms with E-state index in [1.54, 1.807) is 12.4 Å². The summed E-state index contributed by atoms with van der Waals surface area (Å²) in [6.07, 6.45) is 6.73. The lowest BCUT2D eigenvalue weighted by Crippen LogP contribution is -2.09. The molecule has 0 aliphatic rings. The van der Waals surface area contributed by atoms with Gasteiger partial charge in [-0.05, 0) is 18.1 Å². The van der Waals surface area contributed by atoms with Gasteiger partial charge in [0.05, 0.1) is 16.8 Å². The van der Waals surface area contributed by atoms with Crippen molar-refractivity contribution >= 4 is 17.1 Å². The normalized spacial score (nSPS) is 10.1. The predicted molar refractivity (Wildman–Crippen MR) is 71.7 cm³/mol. The zero-order chi connectivity index (χ0) is 13.7. The molecular formula is C12H13N5O2. The van der Waals surface area contributed by atoms with Crippen molar-refractivity contribution in [3.05, 3.63) is 52.6 Å². The lowest BCUT2D eigenvalue weighted by molar-refractivity contribution is -0.384. The number of nitrogens with one attached hydrogen (secondary N) is 1. The Labute approximate surface area is 109 Å². The Hall–Kier alpha value is -2.70. The summed E-state index contributed by atoms with van der Waals surface area (Å²) in [7, 11) is 0. The van der Waals surface area contributed by atoms with Gasteiger partial charge in [0.1, 0.15) is 11.9 Å². The van der Waals surface area contributed by atoms with E-state index in [2.05, 4.69) is 15.3 Å². The van der Waals surface area contributed by atoms with Crippen molar-refractivity contribution in [3.63, 3.8) is 0 Å². The van der Waals surface area contributed by atoms with Crippen molar-refractivity contribution in [2.24, 2.45) is 0 Å². The van der Waals surface area contributed by atoms with Gasteiger partial charge in [0.25, 0.3) is 0 Å². The van der Waals surface area contributed by atoms with E-state index in [9.17, 15) is 10.1 Å². The number of nitro groups is 1. The molecule has 2 heterocycles. The molecule has 19 heavy (non-hydrogen) atoms. The van der Waals surface area contributed by atoms with Crippen molar-refractivity contribution in [2.75, 3.05) is 17.6 Å². The number of rotatable bonds is 5. The van der Waals surface area contributed by atoms with Crippen LogP contribution in [0.3, 0.4) is 0 Å². The molecule has 98 valence electrons. The third-order valence-corrected chi connectivity index (χ3v) is 2.59. The van der Waals surface area contributed by atoms with Crippen LogP contribution in [0.15, 0.2) is 36.9 Å². The summed E-state index contributed by atoms with van der Waals surface area (Å²) in [5.41, 5.74) is 7.20. The lowest BCUT2D eigenvalue weighted by Gasteiger charge is -2.08. The molecule has 0 unspecified atom stereocenters. The summed E-state index contributed by atoms with van der Waals surface area (Å²) in [5, 5.41) is 13.8. The monoisotopic (exact) mass is 259 g/mol. The first kappa shape index (κ1) is 12.7. The SMILES string of the molecule is Nc1cncc([N+](=O)[O-])c1NCCc1cccnc1. The van der Waals surface area contributed by atoms with Crippen LogP contribution in [0.2, 0.25) is 0 Å². The highest BCUT2D eigenvalue weighted by atomic mass is 16.6. The standard InChI is InChI=1S/C12H13N5O2/c13-10-7-15-8-11(17(18)19)12(10)16-5-3-9-2-1-4-14-6-9/h1-2,4,6-8H,3,5,13H2,(H,15,16). The summed E-state index contributed by atoms with van der Waals surface area (Å²) in [4.78, 5) is 18.1. The summed E-state index contributed by atoms with van der Waals surface area (Å²) >= 11 is 0. The zero-order valence-electron chi connectivity index (χ0n) is 10.1. The van der Waals surface area contributed by atoms with Gasteiger partial charge in [-0.15, -0.1) is 0 Å². The maximum Gasteiger partial charge on any atom is 0.312 e. The first-order valence-electron chi connectivity index (χ1n) is 5.69. The number of anilines is 2. The van der Waals surface area contributed by atoms with Crippen LogP contribution in [0.25, 0.3) is 0 Å². The summed E-state index contributed by atoms with van der Waals surface area (Å²) in [6.45, 7) is 0.529. The molecular weight excluding hydrogens is 246 g/mol. The molecule has 0 bridgehead atoms. The summed E-state index contributed by atoms with van der Waals surface area (Å²) in [5.74, 6) is 0. The van der Waals surface area contributed by atoms with Crippen molar-refractivity contribution in [1.82, 2.24) is 9.97 Å². The Bertz CT molecular complexity index is 574. The number of aromatic nitrogens is 2. The van der Waals surface area contributed by atoms with Crippen LogP contribution in [0, 0.1) is 10.1 Å². The molecule has 0 spiro atoms. The van der Waals surface area contributed by atoms with Crippen LogP contribution < -0.4 is 11.1 Å². The number of nitrogen functional groups attached to an aromatic ring is 1. The molecule has 0 aliphatic heterocycles. The number of pyridine rings is 2. The quantitative estimate of drug-likeness (QED) is 0.624. The Kier molecular flexibility index (Phi) is 3.87. The molecule has 2 aromatic rings. The van der Waals surface area contributed by atoms with Crippen LogP contribution in [-0.4, -0.2) is 21.4 Å². The predicted octanol–water partition coefficient (Wildman–Crippen LogP) is 1.62. The minimum Gasteiger partial charge on any atom is -0.396 e. The highest BCUT2D eigenvalue weighted by Crippen LogP contribution is 2.28. The molecule has 3 N–H and O–H groups in total. The first-order chi connectivity index (χ1) is 9.18. The van der Waals surface area contributed by atoms with Crippen molar-refractivity contribution in [2.45, 2.75) is 6.42 Å². The zero-order valence-corrected chi connectivity index (χ0v) is 10.1. The van der Waals surface area contributed by atoms with Crippen LogP contribution >= 0.6 is 0 Å². The molecule has 2 aromatic heterocycles. The van der Waals surface area contributed by atoms with E-state index >= 15 is 0 Å². The Morgan fingerprint density at radius 1 is 1.32 bits per heavy atom. The van der Waals surface area contributed by atoms with Gasteiger partial charge in [0.15, 0.2) is 0 Å². The van der Waals surface area contributed by atoms with Crippen LogP contribution in [0.5, 0.6) is 0 Å². The number of nitrogens with zero attached hydrogens (tertiary/aromatic N) is 3. The molecule has 0 aromatic carbocycles. The average Bonchev–Trinajstić information content (AvgIpc) is 2.41. The second kappa shape index (κ2) is 5.76. The minimum absolute atomic E-state index is 0.119. The fraction of sp³-hybridized carbons (Fsp3) is 0.167. The van der Waals surface area contributed by atoms with E-state index in [0.717, 1.165) is 5.56 Å². The molecule has 0 saturated carbocycles. The molecule has 0 saturated heterocycles. The lowest BCUT2D eigenvalue weighted by atomic mass is 10.2. The van der Waals surface area contributed by atoms with Crippen LogP contribution in [0.1, 0.15) is 5.56 Å². The van der Waals surface area contributed by atoms with E-state index in [1.807, 2.05) is 12.1 Å². The van der Waals surface area contributed by atoms with Gasteiger partial charge in [0.2, 0.25) is 0 Å². The minimum atomic E-state index is -0.504. The van der Waals surface area contributed by atoms with Gasteiger partial charge in [-0.25, -0.2) is 0 Å². The molecule has 0 radical (unpaired) electrons. The van der Waals surface area contributed by atoms with E-state index < -0.39 is 4.92 Å². The fourth-order valence-corrected chi connectivity index (χ4v) is 1.67. The van der Waals surface area contributed by atoms with Gasteiger partial charge in [-0.3, -0.25) is 20.1 Å². The molecule has 0 atom stereocenters. The second-order valence-corrected chi connectivity index (χ2v) is 3.92. The smallest absolute Gasteiger partial charge is 0.312 e. The van der Waals surface area contributed by atoms with Crippen LogP contribution in [-0.2, 0) is 6.42 Å². The number of nitrogens with two attached hydrogens (primary N) is 1. The molecule has 0 aliphatic carbocycles. The average molecular weight is 259 g/mol. The fourth-order valence-electron chi connectivity index (χ4n) is 1.67. The summed E-state index contributed by atoms with van der Waals surface area (Å²) in [6, 6.07) is 3.79. The molecule has 0 amide bonds. The third kappa shape index (κ3) is 3.15. The maximum atomic E-state index is 10.9. The van der Waals surface area contributed by atoms with Gasteiger partial charge < -0.3 is 11.1 Å². The molecule has 7 nitrogen and oxygen atoms in total. The van der Waals surface area contributed by atoms with E-state index in [0.29, 0.717) is 18.7 Å². The van der Waals surface area contributed by atoms with E-state index in [-0.39, 0.29) is 11.4 Å². The summed E-state index contributed by atoms with van der Waals surface area (Å²) < 4.78 is 0. The van der Waals surface area contributed by atoms with Crippen molar-refractivity contribution < 1.29 is 4.92 Å². The topological polar surface area (TPSA) is 107 Å². The molecule has 2 rings (SSSR count). The van der Waals surface area contributed by atoms with E-state index in [4.69, 9.17) is 5.73 Å². The maximum absolute atomic E-state index is 10.9. The van der Waals surface area contributed by atoms with E-state index in [1.165, 1.54) is 12.4 Å². The Morgan fingerprint density at radius 2 is 2.16 bits per heavy atom. The Morgan fingerprint density at radius 3 is 2.84 bits per heavy atom. The molecule has 0 fully saturated rings. The van der Waals surface area contributed by atoms with Gasteiger partial charge in [-0.1, -0.05) is 6.07 Å². The van der Waals surface area contributed by atoms with Gasteiger partial charge in [-0.2, -0.15) is 0 Å². The number of hydrogen-bond donors (Lipinski definition) is 2. The van der Waals surface area contributed by atoms with Crippen molar-refractivity contribution in [1.29, 1.82) is 0 Å². The number of hydrogen-bond acceptors (Lipinski definition) is 6. The Balaban J connectivity index is 2.05. The van der Waals surface area contributed by atoms with Gasteiger partial charge >= 0.3 is 5.69 Å². The highest BCUT2D eigenvalue weighted by molar-refractivity contribution is 5.75. The van der Waals surface area contributed by atoms with Crippen LogP contribution in [0.4, 0.5) is 17.1 Å².